The summed E-state index contributed by atoms with van der Waals surface area (Å²) in [6.07, 6.45) is 5.83. The van der Waals surface area contributed by atoms with Crippen molar-refractivity contribution >= 4 is 11.5 Å². The van der Waals surface area contributed by atoms with Crippen LogP contribution in [0.2, 0.25) is 0 Å². The van der Waals surface area contributed by atoms with Crippen LogP contribution in [0.25, 0.3) is 5.57 Å². The molecule has 0 spiro atoms. The van der Waals surface area contributed by atoms with Crippen LogP contribution in [0.5, 0.6) is 0 Å². The Hall–Kier alpha value is -1.83. The lowest BCUT2D eigenvalue weighted by Crippen LogP contribution is -2.41. The second-order valence-corrected chi connectivity index (χ2v) is 6.57. The molecule has 2 nitrogen and oxygen atoms in total. The van der Waals surface area contributed by atoms with E-state index in [1.54, 1.807) is 6.08 Å². The van der Waals surface area contributed by atoms with E-state index in [1.165, 1.54) is 22.3 Å². The van der Waals surface area contributed by atoms with E-state index in [4.69, 9.17) is 0 Å². The zero-order chi connectivity index (χ0) is 16.3. The van der Waals surface area contributed by atoms with Gasteiger partial charge < -0.3 is 4.90 Å². The highest BCUT2D eigenvalue weighted by Gasteiger charge is 2.18. The Bertz CT molecular complexity index is 600. The average molecular weight is 297 g/mol. The van der Waals surface area contributed by atoms with Gasteiger partial charge in [-0.15, -0.1) is 0 Å². The molecule has 1 aromatic carbocycles. The summed E-state index contributed by atoms with van der Waals surface area (Å²) >= 11 is 0. The lowest BCUT2D eigenvalue weighted by molar-refractivity contribution is -0.129. The Morgan fingerprint density at radius 1 is 1.09 bits per heavy atom. The molecule has 2 heteroatoms. The molecule has 0 saturated heterocycles. The molecule has 0 heterocycles. The highest BCUT2D eigenvalue weighted by Crippen LogP contribution is 2.31. The number of fused-ring (bicyclic) bond motifs is 1. The van der Waals surface area contributed by atoms with E-state index in [0.29, 0.717) is 0 Å². The smallest absolute Gasteiger partial charge is 0.247 e. The monoisotopic (exact) mass is 297 g/mol. The molecule has 2 rings (SSSR count). The fourth-order valence-corrected chi connectivity index (χ4v) is 3.31. The first-order valence-corrected chi connectivity index (χ1v) is 8.20. The average Bonchev–Trinajstić information content (AvgIpc) is 2.46. The summed E-state index contributed by atoms with van der Waals surface area (Å²) in [5, 5.41) is 0. The summed E-state index contributed by atoms with van der Waals surface area (Å²) in [4.78, 5) is 14.4. The fourth-order valence-electron chi connectivity index (χ4n) is 3.31. The number of aryl methyl sites for hydroxylation is 1. The normalized spacial score (nSPS) is 14.9. The third kappa shape index (κ3) is 3.49. The summed E-state index contributed by atoms with van der Waals surface area (Å²) in [5.74, 6) is 0.101. The Balaban J connectivity index is 2.22. The molecule has 1 aromatic rings. The van der Waals surface area contributed by atoms with Gasteiger partial charge in [-0.3, -0.25) is 4.79 Å². The first-order chi connectivity index (χ1) is 10.4. The quantitative estimate of drug-likeness (QED) is 0.743. The van der Waals surface area contributed by atoms with Crippen LogP contribution in [0.15, 0.2) is 42.0 Å². The summed E-state index contributed by atoms with van der Waals surface area (Å²) in [7, 11) is 0. The first-order valence-electron chi connectivity index (χ1n) is 8.20. The summed E-state index contributed by atoms with van der Waals surface area (Å²) < 4.78 is 0. The highest BCUT2D eigenvalue weighted by atomic mass is 16.2. The Morgan fingerprint density at radius 2 is 1.73 bits per heavy atom. The van der Waals surface area contributed by atoms with Crippen molar-refractivity contribution in [3.05, 3.63) is 53.1 Å². The maximum atomic E-state index is 12.4. The van der Waals surface area contributed by atoms with Crippen molar-refractivity contribution < 1.29 is 4.79 Å². The number of carbonyl (C=O) groups is 1. The molecular formula is C20H27NO. The van der Waals surface area contributed by atoms with Gasteiger partial charge in [-0.05, 0) is 69.7 Å². The van der Waals surface area contributed by atoms with Crippen molar-refractivity contribution in [2.75, 3.05) is 0 Å². The largest absolute Gasteiger partial charge is 0.334 e. The standard InChI is InChI=1S/C20H27NO/c1-14(2)21(15(3)4)20(22)13-12-17-10-11-18-8-6-7-9-19(18)16(17)5/h6-9,12-15H,10-11H2,1-5H3/b13-12+. The van der Waals surface area contributed by atoms with Crippen LogP contribution in [0.1, 0.15) is 52.2 Å². The number of allylic oxidation sites excluding steroid dienone is 3. The minimum absolute atomic E-state index is 0.101. The Labute approximate surface area is 134 Å². The molecular weight excluding hydrogens is 270 g/mol. The predicted octanol–water partition coefficient (Wildman–Crippen LogP) is 4.61. The van der Waals surface area contributed by atoms with Gasteiger partial charge in [0, 0.05) is 18.2 Å². The molecule has 0 N–H and O–H groups in total. The van der Waals surface area contributed by atoms with Crippen molar-refractivity contribution in [3.8, 4) is 0 Å². The van der Waals surface area contributed by atoms with Crippen molar-refractivity contribution in [2.45, 2.75) is 59.5 Å². The lowest BCUT2D eigenvalue weighted by atomic mass is 9.86. The molecule has 1 amide bonds. The number of carbonyl (C=O) groups excluding carboxylic acids is 1. The molecule has 0 aromatic heterocycles. The van der Waals surface area contributed by atoms with E-state index in [2.05, 4.69) is 58.9 Å². The second kappa shape index (κ2) is 6.95. The topological polar surface area (TPSA) is 20.3 Å². The number of benzene rings is 1. The maximum absolute atomic E-state index is 12.4. The number of nitrogens with zero attached hydrogens (tertiary/aromatic N) is 1. The number of hydrogen-bond donors (Lipinski definition) is 0. The molecule has 0 unspecified atom stereocenters. The van der Waals surface area contributed by atoms with E-state index < -0.39 is 0 Å². The molecule has 1 aliphatic carbocycles. The molecule has 1 aliphatic rings. The van der Waals surface area contributed by atoms with Gasteiger partial charge >= 0.3 is 0 Å². The molecule has 0 aliphatic heterocycles. The zero-order valence-electron chi connectivity index (χ0n) is 14.4. The van der Waals surface area contributed by atoms with Gasteiger partial charge in [-0.2, -0.15) is 0 Å². The third-order valence-corrected chi connectivity index (χ3v) is 4.36. The fraction of sp³-hybridized carbons (Fsp3) is 0.450. The lowest BCUT2D eigenvalue weighted by Gasteiger charge is -2.29. The van der Waals surface area contributed by atoms with Crippen LogP contribution in [0, 0.1) is 0 Å². The molecule has 0 saturated carbocycles. The van der Waals surface area contributed by atoms with Crippen molar-refractivity contribution in [3.63, 3.8) is 0 Å². The first kappa shape index (κ1) is 16.5. The molecule has 0 bridgehead atoms. The Kier molecular flexibility index (Phi) is 5.23. The Morgan fingerprint density at radius 3 is 2.36 bits per heavy atom. The molecule has 0 atom stereocenters. The van der Waals surface area contributed by atoms with Crippen molar-refractivity contribution in [2.24, 2.45) is 0 Å². The van der Waals surface area contributed by atoms with Gasteiger partial charge in [-0.25, -0.2) is 0 Å². The van der Waals surface area contributed by atoms with Crippen LogP contribution >= 0.6 is 0 Å². The van der Waals surface area contributed by atoms with Gasteiger partial charge in [-0.1, -0.05) is 30.3 Å². The highest BCUT2D eigenvalue weighted by molar-refractivity contribution is 5.89. The predicted molar refractivity (Wildman–Crippen MR) is 93.6 cm³/mol. The van der Waals surface area contributed by atoms with Gasteiger partial charge in [0.1, 0.15) is 0 Å². The zero-order valence-corrected chi connectivity index (χ0v) is 14.4. The molecule has 0 fully saturated rings. The van der Waals surface area contributed by atoms with Gasteiger partial charge in [0.25, 0.3) is 0 Å². The number of rotatable bonds is 4. The van der Waals surface area contributed by atoms with Crippen LogP contribution < -0.4 is 0 Å². The van der Waals surface area contributed by atoms with E-state index in [-0.39, 0.29) is 18.0 Å². The second-order valence-electron chi connectivity index (χ2n) is 6.57. The van der Waals surface area contributed by atoms with Crippen molar-refractivity contribution in [1.29, 1.82) is 0 Å². The molecule has 22 heavy (non-hydrogen) atoms. The van der Waals surface area contributed by atoms with E-state index in [9.17, 15) is 4.79 Å². The van der Waals surface area contributed by atoms with Gasteiger partial charge in [0.05, 0.1) is 0 Å². The van der Waals surface area contributed by atoms with E-state index in [1.807, 2.05) is 11.0 Å². The van der Waals surface area contributed by atoms with Gasteiger partial charge in [0.2, 0.25) is 5.91 Å². The number of hydrogen-bond acceptors (Lipinski definition) is 1. The summed E-state index contributed by atoms with van der Waals surface area (Å²) in [5.41, 5.74) is 5.31. The molecule has 118 valence electrons. The van der Waals surface area contributed by atoms with Crippen molar-refractivity contribution in [1.82, 2.24) is 4.90 Å². The summed E-state index contributed by atoms with van der Waals surface area (Å²) in [6, 6.07) is 9.00. The van der Waals surface area contributed by atoms with E-state index in [0.717, 1.165) is 12.8 Å². The minimum Gasteiger partial charge on any atom is -0.334 e. The SMILES string of the molecule is CC1=C(/C=C/C(=O)N(C(C)C)C(C)C)CCc2ccccc21. The van der Waals surface area contributed by atoms with Crippen LogP contribution in [0.4, 0.5) is 0 Å². The third-order valence-electron chi connectivity index (χ3n) is 4.36. The van der Waals surface area contributed by atoms with Gasteiger partial charge in [0.15, 0.2) is 0 Å². The van der Waals surface area contributed by atoms with Crippen LogP contribution in [-0.4, -0.2) is 22.9 Å². The molecule has 0 radical (unpaired) electrons. The van der Waals surface area contributed by atoms with Crippen LogP contribution in [-0.2, 0) is 11.2 Å². The summed E-state index contributed by atoms with van der Waals surface area (Å²) in [6.45, 7) is 10.4. The minimum atomic E-state index is 0.101. The maximum Gasteiger partial charge on any atom is 0.247 e. The van der Waals surface area contributed by atoms with Crippen LogP contribution in [0.3, 0.4) is 0 Å². The number of amides is 1. The van der Waals surface area contributed by atoms with E-state index >= 15 is 0 Å².